The van der Waals surface area contributed by atoms with Crippen LogP contribution in [0.15, 0.2) is 18.2 Å². The van der Waals surface area contributed by atoms with E-state index in [2.05, 4.69) is 13.0 Å². The zero-order valence-electron chi connectivity index (χ0n) is 11.9. The number of fused-ring (bicyclic) bond motifs is 1. The fraction of sp³-hybridized carbons (Fsp3) is 0.412. The van der Waals surface area contributed by atoms with Crippen molar-refractivity contribution in [2.45, 2.75) is 45.6 Å². The van der Waals surface area contributed by atoms with Gasteiger partial charge in [0.15, 0.2) is 0 Å². The minimum absolute atomic E-state index is 0.600. The van der Waals surface area contributed by atoms with Gasteiger partial charge < -0.3 is 5.11 Å². The first kappa shape index (κ1) is 14.1. The SMILES string of the molecule is Cc1cc(Cl)c(C(O)c2cc3c(s2)CCCC3)cc1C. The largest absolute Gasteiger partial charge is 0.383 e. The maximum absolute atomic E-state index is 10.7. The Hall–Kier alpha value is -0.830. The van der Waals surface area contributed by atoms with Crippen LogP contribution in [0.3, 0.4) is 0 Å². The molecule has 0 spiro atoms. The van der Waals surface area contributed by atoms with Crippen molar-refractivity contribution >= 4 is 22.9 Å². The van der Waals surface area contributed by atoms with Gasteiger partial charge in [0.2, 0.25) is 0 Å². The number of benzene rings is 1. The van der Waals surface area contributed by atoms with Gasteiger partial charge in [-0.1, -0.05) is 17.7 Å². The molecule has 0 saturated carbocycles. The smallest absolute Gasteiger partial charge is 0.115 e. The van der Waals surface area contributed by atoms with Crippen molar-refractivity contribution in [3.8, 4) is 0 Å². The van der Waals surface area contributed by atoms with Crippen LogP contribution in [0.2, 0.25) is 5.02 Å². The standard InChI is InChI=1S/C17H19ClOS/c1-10-7-13(14(18)8-11(10)2)17(19)16-9-12-5-3-4-6-15(12)20-16/h7-9,17,19H,3-6H2,1-2H3. The third-order valence-electron chi connectivity index (χ3n) is 4.19. The zero-order valence-corrected chi connectivity index (χ0v) is 13.4. The Morgan fingerprint density at radius 3 is 2.55 bits per heavy atom. The van der Waals surface area contributed by atoms with E-state index >= 15 is 0 Å². The molecule has 1 heterocycles. The molecule has 0 aliphatic heterocycles. The first-order valence-corrected chi connectivity index (χ1v) is 8.32. The monoisotopic (exact) mass is 306 g/mol. The van der Waals surface area contributed by atoms with Crippen LogP contribution in [0.1, 0.15) is 51.0 Å². The first-order chi connectivity index (χ1) is 9.56. The molecule has 106 valence electrons. The third-order valence-corrected chi connectivity index (χ3v) is 5.81. The summed E-state index contributed by atoms with van der Waals surface area (Å²) in [5, 5.41) is 11.3. The molecule has 1 aromatic heterocycles. The minimum atomic E-state index is -0.600. The lowest BCUT2D eigenvalue weighted by Gasteiger charge is -2.13. The van der Waals surface area contributed by atoms with Gasteiger partial charge in [0.1, 0.15) is 6.10 Å². The van der Waals surface area contributed by atoms with Crippen molar-refractivity contribution < 1.29 is 5.11 Å². The second-order valence-corrected chi connectivity index (χ2v) is 7.24. The average molecular weight is 307 g/mol. The zero-order chi connectivity index (χ0) is 14.3. The second kappa shape index (κ2) is 5.51. The molecular weight excluding hydrogens is 288 g/mol. The molecule has 1 atom stereocenters. The molecule has 1 aromatic carbocycles. The molecule has 1 aliphatic carbocycles. The number of hydrogen-bond acceptors (Lipinski definition) is 2. The first-order valence-electron chi connectivity index (χ1n) is 7.12. The van der Waals surface area contributed by atoms with E-state index in [9.17, 15) is 5.11 Å². The van der Waals surface area contributed by atoms with Crippen LogP contribution in [-0.2, 0) is 12.8 Å². The fourth-order valence-electron chi connectivity index (χ4n) is 2.81. The minimum Gasteiger partial charge on any atom is -0.383 e. The lowest BCUT2D eigenvalue weighted by atomic mass is 9.97. The number of aliphatic hydroxyl groups is 1. The highest BCUT2D eigenvalue weighted by atomic mass is 35.5. The average Bonchev–Trinajstić information content (AvgIpc) is 2.86. The Bertz CT molecular complexity index is 621. The molecule has 3 heteroatoms. The number of aryl methyl sites for hydroxylation is 4. The summed E-state index contributed by atoms with van der Waals surface area (Å²) in [6.45, 7) is 4.10. The number of rotatable bonds is 2. The van der Waals surface area contributed by atoms with Crippen molar-refractivity contribution in [2.24, 2.45) is 0 Å². The molecule has 1 unspecified atom stereocenters. The van der Waals surface area contributed by atoms with Gasteiger partial charge in [-0.05, 0) is 68.4 Å². The van der Waals surface area contributed by atoms with Gasteiger partial charge in [0.25, 0.3) is 0 Å². The molecule has 2 aromatic rings. The van der Waals surface area contributed by atoms with E-state index in [1.165, 1.54) is 28.8 Å². The molecule has 1 aliphatic rings. The van der Waals surface area contributed by atoms with Crippen LogP contribution < -0.4 is 0 Å². The van der Waals surface area contributed by atoms with Gasteiger partial charge in [-0.15, -0.1) is 11.3 Å². The van der Waals surface area contributed by atoms with E-state index in [0.29, 0.717) is 5.02 Å². The van der Waals surface area contributed by atoms with Gasteiger partial charge in [0, 0.05) is 20.3 Å². The van der Waals surface area contributed by atoms with Gasteiger partial charge in [-0.2, -0.15) is 0 Å². The summed E-state index contributed by atoms with van der Waals surface area (Å²) in [6, 6.07) is 6.14. The number of halogens is 1. The number of thiophene rings is 1. The fourth-order valence-corrected chi connectivity index (χ4v) is 4.40. The van der Waals surface area contributed by atoms with E-state index in [4.69, 9.17) is 11.6 Å². The molecule has 0 fully saturated rings. The maximum Gasteiger partial charge on any atom is 0.115 e. The molecule has 1 nitrogen and oxygen atoms in total. The Balaban J connectivity index is 1.98. The highest BCUT2D eigenvalue weighted by Gasteiger charge is 2.21. The predicted molar refractivity (Wildman–Crippen MR) is 85.9 cm³/mol. The second-order valence-electron chi connectivity index (χ2n) is 5.66. The van der Waals surface area contributed by atoms with Crippen LogP contribution in [-0.4, -0.2) is 5.11 Å². The van der Waals surface area contributed by atoms with E-state index in [-0.39, 0.29) is 0 Å². The molecule has 3 rings (SSSR count). The molecule has 0 amide bonds. The summed E-state index contributed by atoms with van der Waals surface area (Å²) < 4.78 is 0. The van der Waals surface area contributed by atoms with E-state index in [1.54, 1.807) is 11.3 Å². The van der Waals surface area contributed by atoms with Gasteiger partial charge in [-0.3, -0.25) is 0 Å². The lowest BCUT2D eigenvalue weighted by Crippen LogP contribution is -2.00. The summed E-state index contributed by atoms with van der Waals surface area (Å²) in [6.07, 6.45) is 4.25. The van der Waals surface area contributed by atoms with Crippen molar-refractivity contribution in [1.82, 2.24) is 0 Å². The quantitative estimate of drug-likeness (QED) is 0.829. The maximum atomic E-state index is 10.7. The number of hydrogen-bond donors (Lipinski definition) is 1. The lowest BCUT2D eigenvalue weighted by molar-refractivity contribution is 0.224. The van der Waals surface area contributed by atoms with Crippen molar-refractivity contribution in [3.63, 3.8) is 0 Å². The summed E-state index contributed by atoms with van der Waals surface area (Å²) in [7, 11) is 0. The van der Waals surface area contributed by atoms with Gasteiger partial charge in [-0.25, -0.2) is 0 Å². The molecule has 0 radical (unpaired) electrons. The Morgan fingerprint density at radius 1 is 1.10 bits per heavy atom. The van der Waals surface area contributed by atoms with Crippen LogP contribution in [0.25, 0.3) is 0 Å². The molecule has 0 saturated heterocycles. The Morgan fingerprint density at radius 2 is 1.80 bits per heavy atom. The van der Waals surface area contributed by atoms with Gasteiger partial charge >= 0.3 is 0 Å². The van der Waals surface area contributed by atoms with Crippen molar-refractivity contribution in [3.05, 3.63) is 55.2 Å². The van der Waals surface area contributed by atoms with Gasteiger partial charge in [0.05, 0.1) is 0 Å². The van der Waals surface area contributed by atoms with Crippen LogP contribution in [0, 0.1) is 13.8 Å². The predicted octanol–water partition coefficient (Wildman–Crippen LogP) is 4.98. The van der Waals surface area contributed by atoms with Crippen molar-refractivity contribution in [2.75, 3.05) is 0 Å². The molecule has 1 N–H and O–H groups in total. The van der Waals surface area contributed by atoms with E-state index in [0.717, 1.165) is 28.8 Å². The molecule has 20 heavy (non-hydrogen) atoms. The van der Waals surface area contributed by atoms with Crippen LogP contribution in [0.5, 0.6) is 0 Å². The van der Waals surface area contributed by atoms with Crippen LogP contribution >= 0.6 is 22.9 Å². The normalized spacial score (nSPS) is 16.0. The topological polar surface area (TPSA) is 20.2 Å². The van der Waals surface area contributed by atoms with Crippen molar-refractivity contribution in [1.29, 1.82) is 0 Å². The third kappa shape index (κ3) is 2.52. The number of aliphatic hydroxyl groups excluding tert-OH is 1. The summed E-state index contributed by atoms with van der Waals surface area (Å²) >= 11 is 8.07. The Kier molecular flexibility index (Phi) is 3.89. The Labute approximate surface area is 129 Å². The summed E-state index contributed by atoms with van der Waals surface area (Å²) in [5.74, 6) is 0. The highest BCUT2D eigenvalue weighted by Crippen LogP contribution is 2.37. The summed E-state index contributed by atoms with van der Waals surface area (Å²) in [5.41, 5.74) is 4.59. The molecule has 0 bridgehead atoms. The van der Waals surface area contributed by atoms with E-state index in [1.807, 2.05) is 19.1 Å². The van der Waals surface area contributed by atoms with Crippen LogP contribution in [0.4, 0.5) is 0 Å². The van der Waals surface area contributed by atoms with E-state index < -0.39 is 6.10 Å². The summed E-state index contributed by atoms with van der Waals surface area (Å²) in [4.78, 5) is 2.48. The highest BCUT2D eigenvalue weighted by molar-refractivity contribution is 7.12. The molecular formula is C17H19ClOS.